The highest BCUT2D eigenvalue weighted by atomic mass is 16.1. The van der Waals surface area contributed by atoms with Crippen molar-refractivity contribution in [3.8, 4) is 11.4 Å². The van der Waals surface area contributed by atoms with E-state index in [9.17, 15) is 4.79 Å². The van der Waals surface area contributed by atoms with Crippen LogP contribution < -0.4 is 10.9 Å². The molecule has 0 radical (unpaired) electrons. The smallest absolute Gasteiger partial charge is 0.254 e. The van der Waals surface area contributed by atoms with Gasteiger partial charge in [-0.1, -0.05) is 24.3 Å². The monoisotopic (exact) mass is 400 g/mol. The molecule has 0 saturated heterocycles. The highest BCUT2D eigenvalue weighted by Crippen LogP contribution is 2.16. The van der Waals surface area contributed by atoms with Crippen molar-refractivity contribution >= 4 is 5.82 Å². The van der Waals surface area contributed by atoms with Gasteiger partial charge in [0.2, 0.25) is 0 Å². The van der Waals surface area contributed by atoms with E-state index in [1.807, 2.05) is 38.4 Å². The highest BCUT2D eigenvalue weighted by molar-refractivity contribution is 5.56. The third kappa shape index (κ3) is 4.30. The number of H-pyrrole nitrogens is 1. The molecule has 4 rings (SSSR count). The summed E-state index contributed by atoms with van der Waals surface area (Å²) in [7, 11) is 0. The molecular formula is C23H24N6O. The van der Waals surface area contributed by atoms with E-state index in [4.69, 9.17) is 0 Å². The first kappa shape index (κ1) is 19.6. The van der Waals surface area contributed by atoms with Gasteiger partial charge in [-0.25, -0.2) is 15.0 Å². The molecule has 0 unspecified atom stereocenters. The SMILES string of the molecule is Cc1nc(-c2ccc(NCc3cccc(Cn4ccnc4C)c3)nc2)[nH]c(=O)c1C. The van der Waals surface area contributed by atoms with Gasteiger partial charge in [-0.15, -0.1) is 0 Å². The quantitative estimate of drug-likeness (QED) is 0.516. The molecule has 4 aromatic rings. The second-order valence-electron chi connectivity index (χ2n) is 7.33. The molecule has 7 heteroatoms. The van der Waals surface area contributed by atoms with E-state index < -0.39 is 0 Å². The van der Waals surface area contributed by atoms with Gasteiger partial charge < -0.3 is 14.9 Å². The van der Waals surface area contributed by atoms with Gasteiger partial charge in [-0.2, -0.15) is 0 Å². The van der Waals surface area contributed by atoms with E-state index >= 15 is 0 Å². The Labute approximate surface area is 174 Å². The fourth-order valence-electron chi connectivity index (χ4n) is 3.22. The van der Waals surface area contributed by atoms with Crippen LogP contribution >= 0.6 is 0 Å². The molecule has 2 N–H and O–H groups in total. The van der Waals surface area contributed by atoms with E-state index in [-0.39, 0.29) is 5.56 Å². The zero-order valence-corrected chi connectivity index (χ0v) is 17.3. The second kappa shape index (κ2) is 8.32. The minimum Gasteiger partial charge on any atom is -0.366 e. The topological polar surface area (TPSA) is 88.5 Å². The lowest BCUT2D eigenvalue weighted by Crippen LogP contribution is -2.14. The largest absolute Gasteiger partial charge is 0.366 e. The first-order chi connectivity index (χ1) is 14.5. The minimum atomic E-state index is -0.120. The molecule has 7 nitrogen and oxygen atoms in total. The van der Waals surface area contributed by atoms with E-state index in [2.05, 4.69) is 54.1 Å². The van der Waals surface area contributed by atoms with Gasteiger partial charge in [0.1, 0.15) is 17.5 Å². The standard InChI is InChI=1S/C23H24N6O/c1-15-16(2)27-22(28-23(15)30)20-7-8-21(26-13-20)25-12-18-5-4-6-19(11-18)14-29-10-9-24-17(29)3/h4-11,13H,12,14H2,1-3H3,(H,25,26)(H,27,28,30). The zero-order chi connectivity index (χ0) is 21.1. The van der Waals surface area contributed by atoms with Crippen molar-refractivity contribution in [2.45, 2.75) is 33.9 Å². The summed E-state index contributed by atoms with van der Waals surface area (Å²) < 4.78 is 2.12. The Balaban J connectivity index is 1.43. The average Bonchev–Trinajstić information content (AvgIpc) is 3.15. The van der Waals surface area contributed by atoms with Crippen LogP contribution in [0, 0.1) is 20.8 Å². The number of aromatic nitrogens is 5. The number of pyridine rings is 1. The molecule has 0 aliphatic rings. The van der Waals surface area contributed by atoms with Crippen LogP contribution in [-0.4, -0.2) is 24.5 Å². The third-order valence-electron chi connectivity index (χ3n) is 5.17. The van der Waals surface area contributed by atoms with Gasteiger partial charge in [-0.05, 0) is 44.0 Å². The minimum absolute atomic E-state index is 0.120. The van der Waals surface area contributed by atoms with Crippen molar-refractivity contribution in [3.63, 3.8) is 0 Å². The van der Waals surface area contributed by atoms with Crippen molar-refractivity contribution < 1.29 is 0 Å². The Bertz CT molecular complexity index is 1220. The second-order valence-corrected chi connectivity index (χ2v) is 7.33. The molecule has 3 heterocycles. The van der Waals surface area contributed by atoms with Crippen LogP contribution in [0.15, 0.2) is 59.8 Å². The molecule has 3 aromatic heterocycles. The number of rotatable bonds is 6. The van der Waals surface area contributed by atoms with E-state index in [0.29, 0.717) is 17.9 Å². The summed E-state index contributed by atoms with van der Waals surface area (Å²) in [6.07, 6.45) is 5.52. The Kier molecular flexibility index (Phi) is 5.43. The molecule has 0 aliphatic carbocycles. The van der Waals surface area contributed by atoms with Crippen molar-refractivity contribution in [2.24, 2.45) is 0 Å². The molecule has 1 aromatic carbocycles. The fraction of sp³-hybridized carbons (Fsp3) is 0.217. The first-order valence-electron chi connectivity index (χ1n) is 9.83. The summed E-state index contributed by atoms with van der Waals surface area (Å²) in [5, 5.41) is 3.35. The van der Waals surface area contributed by atoms with Crippen molar-refractivity contribution in [1.82, 2.24) is 24.5 Å². The lowest BCUT2D eigenvalue weighted by molar-refractivity contribution is 0.760. The van der Waals surface area contributed by atoms with Gasteiger partial charge in [0, 0.05) is 48.5 Å². The van der Waals surface area contributed by atoms with Crippen LogP contribution in [0.3, 0.4) is 0 Å². The fourth-order valence-corrected chi connectivity index (χ4v) is 3.22. The Morgan fingerprint density at radius 3 is 2.60 bits per heavy atom. The molecule has 0 saturated carbocycles. The molecule has 152 valence electrons. The summed E-state index contributed by atoms with van der Waals surface area (Å²) in [5.41, 5.74) is 4.42. The van der Waals surface area contributed by atoms with E-state index in [1.165, 1.54) is 11.1 Å². The van der Waals surface area contributed by atoms with Crippen LogP contribution in [0.25, 0.3) is 11.4 Å². The first-order valence-corrected chi connectivity index (χ1v) is 9.83. The van der Waals surface area contributed by atoms with Gasteiger partial charge in [0.05, 0.1) is 0 Å². The van der Waals surface area contributed by atoms with Crippen LogP contribution in [0.5, 0.6) is 0 Å². The summed E-state index contributed by atoms with van der Waals surface area (Å²) in [6.45, 7) is 7.07. The lowest BCUT2D eigenvalue weighted by Gasteiger charge is -2.10. The van der Waals surface area contributed by atoms with E-state index in [1.54, 1.807) is 13.1 Å². The van der Waals surface area contributed by atoms with Crippen molar-refractivity contribution in [3.05, 3.63) is 93.6 Å². The molecular weight excluding hydrogens is 376 g/mol. The molecule has 0 aliphatic heterocycles. The van der Waals surface area contributed by atoms with Crippen LogP contribution in [0.4, 0.5) is 5.82 Å². The number of hydrogen-bond acceptors (Lipinski definition) is 5. The maximum Gasteiger partial charge on any atom is 0.254 e. The summed E-state index contributed by atoms with van der Waals surface area (Å²) >= 11 is 0. The third-order valence-corrected chi connectivity index (χ3v) is 5.17. The Hall–Kier alpha value is -3.74. The number of hydrogen-bond donors (Lipinski definition) is 2. The van der Waals surface area contributed by atoms with Crippen molar-refractivity contribution in [2.75, 3.05) is 5.32 Å². The normalized spacial score (nSPS) is 10.9. The van der Waals surface area contributed by atoms with Gasteiger partial charge in [0.15, 0.2) is 0 Å². The maximum absolute atomic E-state index is 12.0. The molecule has 0 amide bonds. The number of aryl methyl sites for hydroxylation is 2. The highest BCUT2D eigenvalue weighted by Gasteiger charge is 2.07. The molecule has 0 spiro atoms. The maximum atomic E-state index is 12.0. The van der Waals surface area contributed by atoms with E-state index in [0.717, 1.165) is 29.4 Å². The number of imidazole rings is 1. The number of anilines is 1. The summed E-state index contributed by atoms with van der Waals surface area (Å²) in [6, 6.07) is 12.3. The predicted octanol–water partition coefficient (Wildman–Crippen LogP) is 3.61. The summed E-state index contributed by atoms with van der Waals surface area (Å²) in [4.78, 5) is 28.0. The number of benzene rings is 1. The molecule has 30 heavy (non-hydrogen) atoms. The average molecular weight is 400 g/mol. The number of nitrogens with one attached hydrogen (secondary N) is 2. The molecule has 0 bridgehead atoms. The molecule has 0 atom stereocenters. The Morgan fingerprint density at radius 2 is 1.90 bits per heavy atom. The van der Waals surface area contributed by atoms with Crippen LogP contribution in [0.2, 0.25) is 0 Å². The predicted molar refractivity (Wildman–Crippen MR) is 117 cm³/mol. The number of nitrogens with zero attached hydrogens (tertiary/aromatic N) is 4. The van der Waals surface area contributed by atoms with Gasteiger partial charge >= 0.3 is 0 Å². The van der Waals surface area contributed by atoms with Crippen LogP contribution in [-0.2, 0) is 13.1 Å². The van der Waals surface area contributed by atoms with Gasteiger partial charge in [-0.3, -0.25) is 4.79 Å². The van der Waals surface area contributed by atoms with Gasteiger partial charge in [0.25, 0.3) is 5.56 Å². The summed E-state index contributed by atoms with van der Waals surface area (Å²) in [5.74, 6) is 2.30. The number of aromatic amines is 1. The molecule has 0 fully saturated rings. The zero-order valence-electron chi connectivity index (χ0n) is 17.3. The van der Waals surface area contributed by atoms with Crippen molar-refractivity contribution in [1.29, 1.82) is 0 Å². The van der Waals surface area contributed by atoms with Crippen LogP contribution in [0.1, 0.15) is 28.2 Å². The Morgan fingerprint density at radius 1 is 1.07 bits per heavy atom. The lowest BCUT2D eigenvalue weighted by atomic mass is 10.1.